The Morgan fingerprint density at radius 1 is 0.964 bits per heavy atom. The molecule has 1 aromatic carbocycles. The molecule has 1 fully saturated rings. The van der Waals surface area contributed by atoms with Gasteiger partial charge in [0.15, 0.2) is 0 Å². The van der Waals surface area contributed by atoms with E-state index in [0.717, 1.165) is 45.6 Å². The van der Waals surface area contributed by atoms with Crippen LogP contribution < -0.4 is 5.32 Å². The number of rotatable bonds is 7. The zero-order valence-electron chi connectivity index (χ0n) is 16.9. The molecule has 0 spiro atoms. The molecule has 152 valence electrons. The lowest BCUT2D eigenvalue weighted by Crippen LogP contribution is -2.53. The lowest BCUT2D eigenvalue weighted by molar-refractivity contribution is -0.134. The van der Waals surface area contributed by atoms with Gasteiger partial charge in [-0.2, -0.15) is 0 Å². The normalized spacial score (nSPS) is 18.6. The standard InChI is InChI=1S/C22H32N4O2/c1-2-10-23-21(27)17-25-13-15-26(16-14-25)22(28)18-24-11-8-20(9-12-24)19-6-4-3-5-7-19/h3-8H,2,9-18H2,1H3,(H,23,27). The summed E-state index contributed by atoms with van der Waals surface area (Å²) < 4.78 is 0. The molecule has 1 aromatic rings. The van der Waals surface area contributed by atoms with Crippen LogP contribution in [-0.2, 0) is 9.59 Å². The molecule has 0 atom stereocenters. The number of nitrogens with one attached hydrogen (secondary N) is 1. The van der Waals surface area contributed by atoms with Gasteiger partial charge in [0.1, 0.15) is 0 Å². The second-order valence-electron chi connectivity index (χ2n) is 7.59. The van der Waals surface area contributed by atoms with E-state index in [1.165, 1.54) is 11.1 Å². The summed E-state index contributed by atoms with van der Waals surface area (Å²) in [5.41, 5.74) is 2.66. The fourth-order valence-corrected chi connectivity index (χ4v) is 3.74. The zero-order chi connectivity index (χ0) is 19.8. The van der Waals surface area contributed by atoms with Crippen molar-refractivity contribution in [3.8, 4) is 0 Å². The van der Waals surface area contributed by atoms with Crippen LogP contribution in [0.4, 0.5) is 0 Å². The van der Waals surface area contributed by atoms with Crippen molar-refractivity contribution in [3.63, 3.8) is 0 Å². The second kappa shape index (κ2) is 10.4. The molecule has 1 saturated heterocycles. The first-order valence-corrected chi connectivity index (χ1v) is 10.4. The first-order chi connectivity index (χ1) is 13.7. The SMILES string of the molecule is CCCNC(=O)CN1CCN(C(=O)CN2CC=C(c3ccccc3)CC2)CC1. The van der Waals surface area contributed by atoms with Gasteiger partial charge >= 0.3 is 0 Å². The Labute approximate surface area is 168 Å². The summed E-state index contributed by atoms with van der Waals surface area (Å²) in [4.78, 5) is 30.8. The number of piperazine rings is 1. The molecule has 0 unspecified atom stereocenters. The van der Waals surface area contributed by atoms with Crippen LogP contribution >= 0.6 is 0 Å². The van der Waals surface area contributed by atoms with Crippen molar-refractivity contribution in [3.05, 3.63) is 42.0 Å². The van der Waals surface area contributed by atoms with Crippen molar-refractivity contribution in [2.45, 2.75) is 19.8 Å². The minimum absolute atomic E-state index is 0.0796. The van der Waals surface area contributed by atoms with Crippen molar-refractivity contribution in [1.29, 1.82) is 0 Å². The van der Waals surface area contributed by atoms with Crippen molar-refractivity contribution in [2.24, 2.45) is 0 Å². The zero-order valence-corrected chi connectivity index (χ0v) is 16.9. The van der Waals surface area contributed by atoms with Gasteiger partial charge in [0.25, 0.3) is 0 Å². The minimum atomic E-state index is 0.0796. The molecule has 0 radical (unpaired) electrons. The smallest absolute Gasteiger partial charge is 0.236 e. The lowest BCUT2D eigenvalue weighted by atomic mass is 9.99. The summed E-state index contributed by atoms with van der Waals surface area (Å²) in [5, 5.41) is 2.91. The molecule has 6 nitrogen and oxygen atoms in total. The first-order valence-electron chi connectivity index (χ1n) is 10.4. The number of amides is 2. The molecule has 0 aromatic heterocycles. The van der Waals surface area contributed by atoms with E-state index in [1.807, 2.05) is 17.9 Å². The third kappa shape index (κ3) is 5.91. The summed E-state index contributed by atoms with van der Waals surface area (Å²) in [7, 11) is 0. The molecule has 2 aliphatic rings. The number of benzene rings is 1. The Morgan fingerprint density at radius 2 is 1.71 bits per heavy atom. The Hall–Kier alpha value is -2.18. The summed E-state index contributed by atoms with van der Waals surface area (Å²) >= 11 is 0. The molecule has 2 heterocycles. The van der Waals surface area contributed by atoms with Crippen LogP contribution in [-0.4, -0.2) is 85.4 Å². The predicted octanol–water partition coefficient (Wildman–Crippen LogP) is 1.45. The van der Waals surface area contributed by atoms with E-state index in [9.17, 15) is 9.59 Å². The molecule has 3 rings (SSSR count). The lowest BCUT2D eigenvalue weighted by Gasteiger charge is -2.36. The Balaban J connectivity index is 1.39. The Bertz CT molecular complexity index is 681. The van der Waals surface area contributed by atoms with Crippen LogP contribution in [0, 0.1) is 0 Å². The fourth-order valence-electron chi connectivity index (χ4n) is 3.74. The highest BCUT2D eigenvalue weighted by Gasteiger charge is 2.24. The monoisotopic (exact) mass is 384 g/mol. The highest BCUT2D eigenvalue weighted by atomic mass is 16.2. The van der Waals surface area contributed by atoms with Crippen molar-refractivity contribution in [1.82, 2.24) is 20.0 Å². The molecule has 0 aliphatic carbocycles. The van der Waals surface area contributed by atoms with Crippen LogP contribution in [0.25, 0.3) is 5.57 Å². The minimum Gasteiger partial charge on any atom is -0.355 e. The molecule has 0 bridgehead atoms. The van der Waals surface area contributed by atoms with E-state index in [4.69, 9.17) is 0 Å². The van der Waals surface area contributed by atoms with Gasteiger partial charge in [-0.1, -0.05) is 43.3 Å². The van der Waals surface area contributed by atoms with Gasteiger partial charge < -0.3 is 10.2 Å². The molecule has 0 saturated carbocycles. The van der Waals surface area contributed by atoms with Gasteiger partial charge in [-0.05, 0) is 24.0 Å². The van der Waals surface area contributed by atoms with Crippen LogP contribution in [0.1, 0.15) is 25.3 Å². The Kier molecular flexibility index (Phi) is 7.62. The Morgan fingerprint density at radius 3 is 2.36 bits per heavy atom. The predicted molar refractivity (Wildman–Crippen MR) is 112 cm³/mol. The molecular weight excluding hydrogens is 352 g/mol. The fraction of sp³-hybridized carbons (Fsp3) is 0.545. The third-order valence-electron chi connectivity index (χ3n) is 5.46. The molecule has 6 heteroatoms. The molecule has 2 amide bonds. The molecule has 2 aliphatic heterocycles. The van der Waals surface area contributed by atoms with E-state index >= 15 is 0 Å². The summed E-state index contributed by atoms with van der Waals surface area (Å²) in [6.45, 7) is 8.39. The van der Waals surface area contributed by atoms with Crippen molar-refractivity contribution < 1.29 is 9.59 Å². The van der Waals surface area contributed by atoms with Gasteiger partial charge in [0, 0.05) is 45.8 Å². The van der Waals surface area contributed by atoms with E-state index in [0.29, 0.717) is 26.2 Å². The van der Waals surface area contributed by atoms with E-state index < -0.39 is 0 Å². The second-order valence-corrected chi connectivity index (χ2v) is 7.59. The maximum Gasteiger partial charge on any atom is 0.236 e. The van der Waals surface area contributed by atoms with Gasteiger partial charge in [0.05, 0.1) is 13.1 Å². The van der Waals surface area contributed by atoms with Crippen LogP contribution in [0.2, 0.25) is 0 Å². The maximum absolute atomic E-state index is 12.7. The summed E-state index contributed by atoms with van der Waals surface area (Å²) in [5.74, 6) is 0.280. The third-order valence-corrected chi connectivity index (χ3v) is 5.46. The van der Waals surface area contributed by atoms with E-state index in [2.05, 4.69) is 45.5 Å². The van der Waals surface area contributed by atoms with Gasteiger partial charge in [0.2, 0.25) is 11.8 Å². The number of carbonyl (C=O) groups is 2. The molecule has 1 N–H and O–H groups in total. The first kappa shape index (κ1) is 20.6. The van der Waals surface area contributed by atoms with Crippen LogP contribution in [0.3, 0.4) is 0 Å². The average molecular weight is 385 g/mol. The van der Waals surface area contributed by atoms with Crippen LogP contribution in [0.5, 0.6) is 0 Å². The van der Waals surface area contributed by atoms with Gasteiger partial charge in [-0.3, -0.25) is 19.4 Å². The highest BCUT2D eigenvalue weighted by Crippen LogP contribution is 2.21. The average Bonchev–Trinajstić information content (AvgIpc) is 2.74. The molecular formula is C22H32N4O2. The number of nitrogens with zero attached hydrogens (tertiary/aromatic N) is 3. The number of carbonyl (C=O) groups excluding carboxylic acids is 2. The number of hydrogen-bond donors (Lipinski definition) is 1. The van der Waals surface area contributed by atoms with E-state index in [-0.39, 0.29) is 11.8 Å². The van der Waals surface area contributed by atoms with Crippen molar-refractivity contribution in [2.75, 3.05) is 58.9 Å². The van der Waals surface area contributed by atoms with Crippen molar-refractivity contribution >= 4 is 17.4 Å². The summed E-state index contributed by atoms with van der Waals surface area (Å²) in [6.07, 6.45) is 4.18. The topological polar surface area (TPSA) is 55.9 Å². The van der Waals surface area contributed by atoms with Crippen LogP contribution in [0.15, 0.2) is 36.4 Å². The summed E-state index contributed by atoms with van der Waals surface area (Å²) in [6, 6.07) is 10.5. The number of hydrogen-bond acceptors (Lipinski definition) is 4. The highest BCUT2D eigenvalue weighted by molar-refractivity contribution is 5.79. The van der Waals surface area contributed by atoms with E-state index in [1.54, 1.807) is 0 Å². The maximum atomic E-state index is 12.7. The largest absolute Gasteiger partial charge is 0.355 e. The quantitative estimate of drug-likeness (QED) is 0.773. The molecule has 28 heavy (non-hydrogen) atoms. The van der Waals surface area contributed by atoms with Gasteiger partial charge in [-0.25, -0.2) is 0 Å². The van der Waals surface area contributed by atoms with Gasteiger partial charge in [-0.15, -0.1) is 0 Å².